The van der Waals surface area contributed by atoms with Crippen LogP contribution in [0.4, 0.5) is 23.2 Å². The second-order valence-corrected chi connectivity index (χ2v) is 4.91. The lowest BCUT2D eigenvalue weighted by Crippen LogP contribution is -2.42. The molecule has 7 heteroatoms. The minimum atomic E-state index is -4.26. The Morgan fingerprint density at radius 2 is 2.05 bits per heavy atom. The molecule has 2 rings (SSSR count). The molecule has 0 bridgehead atoms. The van der Waals surface area contributed by atoms with Crippen molar-refractivity contribution in [3.05, 3.63) is 29.6 Å². The first kappa shape index (κ1) is 14.6. The van der Waals surface area contributed by atoms with Crippen LogP contribution in [0.3, 0.4) is 0 Å². The van der Waals surface area contributed by atoms with Crippen LogP contribution in [0.5, 0.6) is 0 Å². The van der Waals surface area contributed by atoms with E-state index in [9.17, 15) is 17.6 Å². The highest BCUT2D eigenvalue weighted by Crippen LogP contribution is 2.35. The zero-order valence-corrected chi connectivity index (χ0v) is 10.7. The molecule has 1 aliphatic rings. The average molecular weight is 289 g/mol. The number of benzene rings is 1. The fourth-order valence-corrected chi connectivity index (χ4v) is 2.39. The van der Waals surface area contributed by atoms with Crippen LogP contribution in [0.15, 0.2) is 18.2 Å². The van der Waals surface area contributed by atoms with Crippen LogP contribution in [0, 0.1) is 17.1 Å². The van der Waals surface area contributed by atoms with Crippen LogP contribution in [-0.4, -0.2) is 25.1 Å². The predicted octanol–water partition coefficient (Wildman–Crippen LogP) is 2.89. The molecule has 1 aliphatic heterocycles. The molecule has 110 valence electrons. The first-order valence-electron chi connectivity index (χ1n) is 6.24. The van der Waals surface area contributed by atoms with Gasteiger partial charge in [0.15, 0.2) is 0 Å². The highest BCUT2D eigenvalue weighted by atomic mass is 19.4. The van der Waals surface area contributed by atoms with Crippen LogP contribution >= 0.6 is 0 Å². The van der Waals surface area contributed by atoms with Crippen molar-refractivity contribution in [3.63, 3.8) is 0 Å². The number of anilines is 1. The van der Waals surface area contributed by atoms with Crippen molar-refractivity contribution in [1.82, 2.24) is 0 Å². The summed E-state index contributed by atoms with van der Waals surface area (Å²) in [5.74, 6) is -2.36. The number of piperidine rings is 1. The first-order chi connectivity index (χ1) is 9.29. The molecule has 1 atom stereocenters. The highest BCUT2D eigenvalue weighted by Gasteiger charge is 2.42. The van der Waals surface area contributed by atoms with Gasteiger partial charge in [0, 0.05) is 18.7 Å². The maximum absolute atomic E-state index is 13.9. The number of nitrogens with two attached hydrogens (primary N) is 1. The molecule has 1 aromatic rings. The summed E-state index contributed by atoms with van der Waals surface area (Å²) in [4.78, 5) is 1.40. The number of alkyl halides is 3. The van der Waals surface area contributed by atoms with Gasteiger partial charge in [0.1, 0.15) is 11.7 Å². The van der Waals surface area contributed by atoms with Crippen molar-refractivity contribution >= 4 is 11.5 Å². The van der Waals surface area contributed by atoms with Gasteiger partial charge in [0.2, 0.25) is 0 Å². The normalized spacial score (nSPS) is 20.0. The van der Waals surface area contributed by atoms with E-state index in [-0.39, 0.29) is 30.1 Å². The Balaban J connectivity index is 2.21. The maximum atomic E-state index is 13.9. The van der Waals surface area contributed by atoms with Gasteiger partial charge < -0.3 is 10.6 Å². The topological polar surface area (TPSA) is 53.1 Å². The van der Waals surface area contributed by atoms with Crippen LogP contribution in [0.2, 0.25) is 0 Å². The molecule has 0 aliphatic carbocycles. The van der Waals surface area contributed by atoms with Gasteiger partial charge in [-0.25, -0.2) is 4.39 Å². The summed E-state index contributed by atoms with van der Waals surface area (Å²) >= 11 is 0. The molecule has 0 saturated carbocycles. The van der Waals surface area contributed by atoms with E-state index in [0.717, 1.165) is 6.07 Å². The SMILES string of the molecule is N=C(N)c1ccc(N2CCCC(C(F)(F)F)C2)c(F)c1. The van der Waals surface area contributed by atoms with E-state index < -0.39 is 17.9 Å². The third-order valence-electron chi connectivity index (χ3n) is 3.48. The van der Waals surface area contributed by atoms with E-state index in [4.69, 9.17) is 11.1 Å². The van der Waals surface area contributed by atoms with Crippen molar-refractivity contribution in [2.75, 3.05) is 18.0 Å². The molecule has 0 spiro atoms. The molecule has 20 heavy (non-hydrogen) atoms. The molecule has 1 saturated heterocycles. The molecule has 1 aromatic carbocycles. The summed E-state index contributed by atoms with van der Waals surface area (Å²) in [6.45, 7) is 0.156. The molecule has 0 amide bonds. The molecule has 1 heterocycles. The lowest BCUT2D eigenvalue weighted by atomic mass is 9.97. The van der Waals surface area contributed by atoms with E-state index in [1.54, 1.807) is 0 Å². The summed E-state index contributed by atoms with van der Waals surface area (Å²) in [5, 5.41) is 7.21. The van der Waals surface area contributed by atoms with Crippen LogP contribution in [-0.2, 0) is 0 Å². The fraction of sp³-hybridized carbons (Fsp3) is 0.462. The number of nitrogen functional groups attached to an aromatic ring is 1. The number of amidine groups is 1. The highest BCUT2D eigenvalue weighted by molar-refractivity contribution is 5.95. The predicted molar refractivity (Wildman–Crippen MR) is 68.4 cm³/mol. The Bertz CT molecular complexity index is 513. The van der Waals surface area contributed by atoms with Gasteiger partial charge in [-0.2, -0.15) is 13.2 Å². The van der Waals surface area contributed by atoms with Crippen molar-refractivity contribution in [2.45, 2.75) is 19.0 Å². The van der Waals surface area contributed by atoms with Gasteiger partial charge in [-0.15, -0.1) is 0 Å². The monoisotopic (exact) mass is 289 g/mol. The van der Waals surface area contributed by atoms with E-state index in [0.29, 0.717) is 13.0 Å². The Morgan fingerprint density at radius 3 is 2.60 bits per heavy atom. The molecule has 1 fully saturated rings. The Labute approximate surface area is 113 Å². The van der Waals surface area contributed by atoms with Crippen LogP contribution < -0.4 is 10.6 Å². The largest absolute Gasteiger partial charge is 0.393 e. The molecular weight excluding hydrogens is 274 g/mol. The van der Waals surface area contributed by atoms with Gasteiger partial charge in [-0.1, -0.05) is 0 Å². The van der Waals surface area contributed by atoms with Gasteiger partial charge in [-0.05, 0) is 31.0 Å². The van der Waals surface area contributed by atoms with E-state index in [1.165, 1.54) is 17.0 Å². The van der Waals surface area contributed by atoms with Gasteiger partial charge in [-0.3, -0.25) is 5.41 Å². The van der Waals surface area contributed by atoms with Gasteiger partial charge in [0.25, 0.3) is 0 Å². The van der Waals surface area contributed by atoms with Gasteiger partial charge in [0.05, 0.1) is 11.6 Å². The molecular formula is C13H15F4N3. The number of hydrogen-bond donors (Lipinski definition) is 2. The minimum absolute atomic E-state index is 0.0765. The molecule has 3 nitrogen and oxygen atoms in total. The van der Waals surface area contributed by atoms with Crippen molar-refractivity contribution in [1.29, 1.82) is 5.41 Å². The standard InChI is InChI=1S/C13H15F4N3/c14-10-6-8(12(18)19)3-4-11(10)20-5-1-2-9(7-20)13(15,16)17/h3-4,6,9H,1-2,5,7H2,(H3,18,19). The number of rotatable bonds is 2. The Hall–Kier alpha value is -1.79. The summed E-state index contributed by atoms with van der Waals surface area (Å²) in [6, 6.07) is 3.90. The summed E-state index contributed by atoms with van der Waals surface area (Å²) in [7, 11) is 0. The third-order valence-corrected chi connectivity index (χ3v) is 3.48. The minimum Gasteiger partial charge on any atom is -0.384 e. The summed E-state index contributed by atoms with van der Waals surface area (Å²) < 4.78 is 52.2. The second kappa shape index (κ2) is 5.30. The van der Waals surface area contributed by atoms with Crippen LogP contribution in [0.1, 0.15) is 18.4 Å². The van der Waals surface area contributed by atoms with E-state index >= 15 is 0 Å². The molecule has 1 unspecified atom stereocenters. The first-order valence-corrected chi connectivity index (χ1v) is 6.24. The summed E-state index contributed by atoms with van der Waals surface area (Å²) in [6.07, 6.45) is -3.81. The third kappa shape index (κ3) is 3.02. The van der Waals surface area contributed by atoms with Crippen molar-refractivity contribution in [3.8, 4) is 0 Å². The lowest BCUT2D eigenvalue weighted by molar-refractivity contribution is -0.176. The zero-order valence-electron chi connectivity index (χ0n) is 10.7. The molecule has 0 aromatic heterocycles. The quantitative estimate of drug-likeness (QED) is 0.500. The number of hydrogen-bond acceptors (Lipinski definition) is 2. The Morgan fingerprint density at radius 1 is 1.35 bits per heavy atom. The fourth-order valence-electron chi connectivity index (χ4n) is 2.39. The molecule has 3 N–H and O–H groups in total. The summed E-state index contributed by atoms with van der Waals surface area (Å²) in [5.41, 5.74) is 5.59. The number of halogens is 4. The number of nitrogens with one attached hydrogen (secondary N) is 1. The van der Waals surface area contributed by atoms with Gasteiger partial charge >= 0.3 is 6.18 Å². The molecule has 0 radical (unpaired) electrons. The average Bonchev–Trinajstić information content (AvgIpc) is 2.37. The van der Waals surface area contributed by atoms with Crippen molar-refractivity contribution < 1.29 is 17.6 Å². The maximum Gasteiger partial charge on any atom is 0.393 e. The second-order valence-electron chi connectivity index (χ2n) is 4.91. The Kier molecular flexibility index (Phi) is 3.87. The van der Waals surface area contributed by atoms with E-state index in [2.05, 4.69) is 0 Å². The number of nitrogens with zero attached hydrogens (tertiary/aromatic N) is 1. The smallest absolute Gasteiger partial charge is 0.384 e. The van der Waals surface area contributed by atoms with Crippen LogP contribution in [0.25, 0.3) is 0 Å². The lowest BCUT2D eigenvalue weighted by Gasteiger charge is -2.35. The van der Waals surface area contributed by atoms with E-state index in [1.807, 2.05) is 0 Å². The van der Waals surface area contributed by atoms with Crippen molar-refractivity contribution in [2.24, 2.45) is 11.7 Å². The zero-order chi connectivity index (χ0) is 14.9.